The summed E-state index contributed by atoms with van der Waals surface area (Å²) in [6.45, 7) is 2.65. The van der Waals surface area contributed by atoms with Gasteiger partial charge in [-0.15, -0.1) is 0 Å². The van der Waals surface area contributed by atoms with Gasteiger partial charge in [0.05, 0.1) is 32.2 Å². The van der Waals surface area contributed by atoms with E-state index in [1.165, 1.54) is 16.0 Å². The minimum absolute atomic E-state index is 0.0448. The summed E-state index contributed by atoms with van der Waals surface area (Å²) in [5.41, 5.74) is 1.88. The van der Waals surface area contributed by atoms with Gasteiger partial charge >= 0.3 is 12.4 Å². The molecule has 0 radical (unpaired) electrons. The van der Waals surface area contributed by atoms with Crippen molar-refractivity contribution in [1.82, 2.24) is 19.4 Å². The third-order valence-electron chi connectivity index (χ3n) is 11.8. The van der Waals surface area contributed by atoms with Crippen LogP contribution in [0.5, 0.6) is 0 Å². The molecule has 8 rings (SSSR count). The van der Waals surface area contributed by atoms with Crippen LogP contribution in [0.25, 0.3) is 11.0 Å². The highest BCUT2D eigenvalue weighted by atomic mass is 35.5. The largest absolute Gasteiger partial charge is 0.416 e. The van der Waals surface area contributed by atoms with Crippen LogP contribution in [0, 0.1) is 5.92 Å². The van der Waals surface area contributed by atoms with Crippen molar-refractivity contribution in [1.29, 1.82) is 0 Å². The molecular formula is C42H38Cl2F6N4O. The molecule has 2 fully saturated rings. The van der Waals surface area contributed by atoms with E-state index in [9.17, 15) is 31.1 Å². The summed E-state index contributed by atoms with van der Waals surface area (Å²) in [6, 6.07) is 22.6. The Hall–Kier alpha value is -4.06. The molecule has 5 aromatic rings. The number of amides is 1. The highest BCUT2D eigenvalue weighted by Crippen LogP contribution is 2.43. The van der Waals surface area contributed by atoms with Crippen molar-refractivity contribution in [3.8, 4) is 0 Å². The molecule has 5 nitrogen and oxygen atoms in total. The van der Waals surface area contributed by atoms with Crippen molar-refractivity contribution in [3.63, 3.8) is 0 Å². The van der Waals surface area contributed by atoms with E-state index in [0.717, 1.165) is 61.3 Å². The van der Waals surface area contributed by atoms with Crippen LogP contribution in [-0.4, -0.2) is 57.0 Å². The maximum Gasteiger partial charge on any atom is 0.416 e. The van der Waals surface area contributed by atoms with Crippen molar-refractivity contribution in [2.75, 3.05) is 19.6 Å². The topological polar surface area (TPSA) is 41.4 Å². The molecule has 1 amide bonds. The third-order valence-corrected chi connectivity index (χ3v) is 12.5. The number of carbonyl (C=O) groups excluding carboxylic acids is 1. The number of alkyl halides is 6. The Balaban J connectivity index is 1.05. The highest BCUT2D eigenvalue weighted by molar-refractivity contribution is 6.42. The Bertz CT molecular complexity index is 2200. The number of hydrogen-bond donors (Lipinski definition) is 0. The van der Waals surface area contributed by atoms with Crippen molar-refractivity contribution in [2.45, 2.75) is 75.4 Å². The molecule has 2 saturated heterocycles. The summed E-state index contributed by atoms with van der Waals surface area (Å²) >= 11 is 12.5. The average Bonchev–Trinajstić information content (AvgIpc) is 3.44. The zero-order chi connectivity index (χ0) is 38.6. The number of aryl methyl sites for hydroxylation is 2. The Morgan fingerprint density at radius 3 is 2.16 bits per heavy atom. The van der Waals surface area contributed by atoms with Gasteiger partial charge in [0.2, 0.25) is 0 Å². The van der Waals surface area contributed by atoms with Crippen molar-refractivity contribution in [3.05, 3.63) is 134 Å². The monoisotopic (exact) mass is 798 g/mol. The Morgan fingerprint density at radius 1 is 0.764 bits per heavy atom. The zero-order valence-electron chi connectivity index (χ0n) is 29.7. The molecule has 0 bridgehead atoms. The molecule has 0 saturated carbocycles. The predicted octanol–water partition coefficient (Wildman–Crippen LogP) is 10.7. The second-order valence-corrected chi connectivity index (χ2v) is 15.8. The van der Waals surface area contributed by atoms with Gasteiger partial charge in [-0.05, 0) is 117 Å². The lowest BCUT2D eigenvalue weighted by atomic mass is 9.77. The molecule has 3 aliphatic heterocycles. The number of hydrogen-bond acceptors (Lipinski definition) is 3. The van der Waals surface area contributed by atoms with E-state index in [1.807, 2.05) is 6.07 Å². The number of likely N-dealkylation sites (tertiary alicyclic amines) is 2. The van der Waals surface area contributed by atoms with E-state index >= 15 is 0 Å². The van der Waals surface area contributed by atoms with Crippen LogP contribution in [0.1, 0.15) is 75.6 Å². The van der Waals surface area contributed by atoms with Gasteiger partial charge in [0.25, 0.3) is 5.91 Å². The molecular weight excluding hydrogens is 761 g/mol. The first-order valence-electron chi connectivity index (χ1n) is 18.6. The minimum atomic E-state index is -5.07. The number of nitrogens with zero attached hydrogens (tertiary/aromatic N) is 4. The molecule has 3 aliphatic rings. The predicted molar refractivity (Wildman–Crippen MR) is 200 cm³/mol. The number of piperidine rings is 2. The number of para-hydroxylation sites is 2. The first-order chi connectivity index (χ1) is 26.2. The molecule has 3 atom stereocenters. The van der Waals surface area contributed by atoms with E-state index in [0.29, 0.717) is 47.4 Å². The van der Waals surface area contributed by atoms with Gasteiger partial charge in [-0.3, -0.25) is 4.79 Å². The fourth-order valence-corrected chi connectivity index (χ4v) is 9.41. The Morgan fingerprint density at radius 2 is 1.45 bits per heavy atom. The van der Waals surface area contributed by atoms with E-state index in [1.54, 1.807) is 18.2 Å². The summed E-state index contributed by atoms with van der Waals surface area (Å²) in [7, 11) is 0. The van der Waals surface area contributed by atoms with Crippen LogP contribution in [0.2, 0.25) is 10.0 Å². The Labute approximate surface area is 324 Å². The second-order valence-electron chi connectivity index (χ2n) is 15.0. The first kappa shape index (κ1) is 37.8. The Kier molecular flexibility index (Phi) is 10.2. The SMILES string of the molecule is O=C(c1cc(C(F)(F)F)cc(C(F)(F)F)c1)N1CC[C@H](N2CCC(C3c4ccccc4CCn4c3nc3ccccc34)CC2)C[C@H]1Cc1ccc(Cl)c(Cl)c1. The molecule has 288 valence electrons. The molecule has 0 spiro atoms. The number of fused-ring (bicyclic) bond motifs is 4. The summed E-state index contributed by atoms with van der Waals surface area (Å²) in [6.07, 6.45) is -6.05. The molecule has 0 N–H and O–H groups in total. The lowest BCUT2D eigenvalue weighted by Gasteiger charge is -2.46. The van der Waals surface area contributed by atoms with Crippen LogP contribution in [0.4, 0.5) is 26.3 Å². The van der Waals surface area contributed by atoms with Crippen LogP contribution in [0.15, 0.2) is 84.9 Å². The standard InChI is InChI=1S/C42H38Cl2F6N4O/c43-34-10-9-25(20-35(34)44)19-32-24-31(14-18-53(32)40(55)28-21-29(41(45,46)47)23-30(22-28)42(48,49)50)52-15-11-27(12-16-52)38-33-6-2-1-5-26(33)13-17-54-37-8-4-3-7-36(37)51-39(38)54/h1-10,20-23,27,31-32,38H,11-19,24H2/t31-,32+,38?/m0/s1. The van der Waals surface area contributed by atoms with Gasteiger partial charge in [-0.1, -0.05) is 65.7 Å². The van der Waals surface area contributed by atoms with E-state index in [2.05, 4.69) is 51.9 Å². The first-order valence-corrected chi connectivity index (χ1v) is 19.3. The number of imidazole rings is 1. The summed E-state index contributed by atoms with van der Waals surface area (Å²) in [5, 5.41) is 0.658. The van der Waals surface area contributed by atoms with Gasteiger partial charge in [0.1, 0.15) is 5.82 Å². The maximum atomic E-state index is 14.0. The fourth-order valence-electron chi connectivity index (χ4n) is 9.09. The zero-order valence-corrected chi connectivity index (χ0v) is 31.2. The number of benzene rings is 4. The molecule has 0 aliphatic carbocycles. The van der Waals surface area contributed by atoms with Crippen LogP contribution in [-0.2, 0) is 31.7 Å². The third kappa shape index (κ3) is 7.59. The summed E-state index contributed by atoms with van der Waals surface area (Å²) in [5.74, 6) is 0.697. The lowest BCUT2D eigenvalue weighted by Crippen LogP contribution is -2.54. The molecule has 55 heavy (non-hydrogen) atoms. The summed E-state index contributed by atoms with van der Waals surface area (Å²) < 4.78 is 85.0. The van der Waals surface area contributed by atoms with Crippen LogP contribution >= 0.6 is 23.2 Å². The number of carbonyl (C=O) groups is 1. The molecule has 1 unspecified atom stereocenters. The quantitative estimate of drug-likeness (QED) is 0.166. The maximum absolute atomic E-state index is 14.0. The van der Waals surface area contributed by atoms with Crippen LogP contribution in [0.3, 0.4) is 0 Å². The van der Waals surface area contributed by atoms with Gasteiger partial charge < -0.3 is 14.4 Å². The van der Waals surface area contributed by atoms with Crippen LogP contribution < -0.4 is 0 Å². The van der Waals surface area contributed by atoms with Gasteiger partial charge in [-0.2, -0.15) is 26.3 Å². The van der Waals surface area contributed by atoms with E-state index < -0.39 is 41.0 Å². The fraction of sp³-hybridized carbons (Fsp3) is 0.381. The smallest absolute Gasteiger partial charge is 0.335 e. The number of halogens is 8. The van der Waals surface area contributed by atoms with Crippen molar-refractivity contribution in [2.24, 2.45) is 5.92 Å². The average molecular weight is 800 g/mol. The minimum Gasteiger partial charge on any atom is -0.335 e. The molecule has 1 aromatic heterocycles. The van der Waals surface area contributed by atoms with Gasteiger partial charge in [-0.25, -0.2) is 4.98 Å². The van der Waals surface area contributed by atoms with Crippen molar-refractivity contribution < 1.29 is 31.1 Å². The lowest BCUT2D eigenvalue weighted by molar-refractivity contribution is -0.143. The second kappa shape index (κ2) is 14.8. The molecule has 13 heteroatoms. The number of rotatable bonds is 5. The van der Waals surface area contributed by atoms with Gasteiger partial charge in [0.15, 0.2) is 0 Å². The van der Waals surface area contributed by atoms with Crippen molar-refractivity contribution >= 4 is 40.1 Å². The van der Waals surface area contributed by atoms with Gasteiger partial charge in [0, 0.05) is 36.7 Å². The van der Waals surface area contributed by atoms with E-state index in [4.69, 9.17) is 28.2 Å². The highest BCUT2D eigenvalue weighted by Gasteiger charge is 2.42. The molecule has 4 heterocycles. The van der Waals surface area contributed by atoms with E-state index in [-0.39, 0.29) is 24.6 Å². The number of aromatic nitrogens is 2. The molecule has 4 aromatic carbocycles. The normalized spacial score (nSPS) is 21.3. The summed E-state index contributed by atoms with van der Waals surface area (Å²) in [4.78, 5) is 23.1.